The highest BCUT2D eigenvalue weighted by Gasteiger charge is 2.24. The van der Waals surface area contributed by atoms with Crippen LogP contribution < -0.4 is 0 Å². The Morgan fingerprint density at radius 1 is 1.00 bits per heavy atom. The SMILES string of the molecule is CC(F)(F)c1ccc2c(-c3ccc4ccccc4n3)c[nH]c2c1. The second-order valence-corrected chi connectivity index (χ2v) is 5.74. The van der Waals surface area contributed by atoms with Crippen molar-refractivity contribution in [2.75, 3.05) is 0 Å². The van der Waals surface area contributed by atoms with Gasteiger partial charge in [0.15, 0.2) is 0 Å². The molecule has 23 heavy (non-hydrogen) atoms. The maximum atomic E-state index is 13.5. The van der Waals surface area contributed by atoms with Crippen LogP contribution >= 0.6 is 0 Å². The molecule has 0 aliphatic rings. The number of H-pyrrole nitrogens is 1. The number of aromatic amines is 1. The summed E-state index contributed by atoms with van der Waals surface area (Å²) in [6.07, 6.45) is 1.82. The number of hydrogen-bond acceptors (Lipinski definition) is 1. The summed E-state index contributed by atoms with van der Waals surface area (Å²) in [6.45, 7) is 0.906. The van der Waals surface area contributed by atoms with Gasteiger partial charge in [-0.15, -0.1) is 0 Å². The quantitative estimate of drug-likeness (QED) is 0.521. The summed E-state index contributed by atoms with van der Waals surface area (Å²) in [4.78, 5) is 7.74. The molecule has 0 saturated carbocycles. The summed E-state index contributed by atoms with van der Waals surface area (Å²) in [7, 11) is 0. The van der Waals surface area contributed by atoms with Gasteiger partial charge in [-0.2, -0.15) is 0 Å². The first-order valence-electron chi connectivity index (χ1n) is 7.38. The van der Waals surface area contributed by atoms with Crippen LogP contribution in [0.5, 0.6) is 0 Å². The lowest BCUT2D eigenvalue weighted by Gasteiger charge is -2.10. The molecular weight excluding hydrogens is 294 g/mol. The van der Waals surface area contributed by atoms with E-state index in [1.165, 1.54) is 12.1 Å². The first kappa shape index (κ1) is 13.9. The summed E-state index contributed by atoms with van der Waals surface area (Å²) in [5.41, 5.74) is 3.34. The zero-order chi connectivity index (χ0) is 16.0. The number of nitrogens with one attached hydrogen (secondary N) is 1. The number of nitrogens with zero attached hydrogens (tertiary/aromatic N) is 1. The van der Waals surface area contributed by atoms with Crippen LogP contribution in [-0.2, 0) is 5.92 Å². The van der Waals surface area contributed by atoms with Crippen molar-refractivity contribution in [3.05, 3.63) is 66.4 Å². The average Bonchev–Trinajstić information content (AvgIpc) is 2.96. The average molecular weight is 308 g/mol. The van der Waals surface area contributed by atoms with E-state index in [1.807, 2.05) is 42.6 Å². The van der Waals surface area contributed by atoms with E-state index in [0.29, 0.717) is 5.52 Å². The number of aromatic nitrogens is 2. The molecule has 0 bridgehead atoms. The molecule has 0 saturated heterocycles. The summed E-state index contributed by atoms with van der Waals surface area (Å²) >= 11 is 0. The van der Waals surface area contributed by atoms with Crippen LogP contribution in [0.3, 0.4) is 0 Å². The van der Waals surface area contributed by atoms with Gasteiger partial charge >= 0.3 is 0 Å². The van der Waals surface area contributed by atoms with Crippen LogP contribution in [-0.4, -0.2) is 9.97 Å². The Balaban J connectivity index is 1.87. The Morgan fingerprint density at radius 3 is 2.65 bits per heavy atom. The highest BCUT2D eigenvalue weighted by atomic mass is 19.3. The Labute approximate surface area is 131 Å². The summed E-state index contributed by atoms with van der Waals surface area (Å²) in [5, 5.41) is 1.96. The smallest absolute Gasteiger partial charge is 0.270 e. The molecule has 114 valence electrons. The lowest BCUT2D eigenvalue weighted by Crippen LogP contribution is -2.06. The normalized spacial score (nSPS) is 12.1. The molecule has 2 aromatic carbocycles. The van der Waals surface area contributed by atoms with E-state index in [-0.39, 0.29) is 5.56 Å². The van der Waals surface area contributed by atoms with Gasteiger partial charge in [-0.3, -0.25) is 0 Å². The van der Waals surface area contributed by atoms with Crippen LogP contribution in [0, 0.1) is 0 Å². The standard InChI is InChI=1S/C19H14F2N2/c1-19(20,21)13-7-8-14-15(11-22-18(14)10-13)17-9-6-12-4-2-3-5-16(12)23-17/h2-11,22H,1H3. The fourth-order valence-electron chi connectivity index (χ4n) is 2.83. The molecule has 4 heteroatoms. The molecule has 0 atom stereocenters. The maximum Gasteiger partial charge on any atom is 0.270 e. The number of rotatable bonds is 2. The number of halogens is 2. The number of benzene rings is 2. The van der Waals surface area contributed by atoms with Gasteiger partial charge in [-0.1, -0.05) is 36.4 Å². The predicted octanol–water partition coefficient (Wildman–Crippen LogP) is 5.49. The van der Waals surface area contributed by atoms with Gasteiger partial charge < -0.3 is 4.98 Å². The van der Waals surface area contributed by atoms with E-state index in [0.717, 1.165) is 34.5 Å². The molecule has 0 aliphatic heterocycles. The molecule has 0 amide bonds. The second-order valence-electron chi connectivity index (χ2n) is 5.74. The van der Waals surface area contributed by atoms with Gasteiger partial charge in [0.05, 0.1) is 11.2 Å². The summed E-state index contributed by atoms with van der Waals surface area (Å²) < 4.78 is 26.9. The summed E-state index contributed by atoms with van der Waals surface area (Å²) in [5.74, 6) is -2.85. The van der Waals surface area contributed by atoms with Crippen LogP contribution in [0.4, 0.5) is 8.78 Å². The predicted molar refractivity (Wildman–Crippen MR) is 88.6 cm³/mol. The van der Waals surface area contributed by atoms with Crippen molar-refractivity contribution >= 4 is 21.8 Å². The fraction of sp³-hybridized carbons (Fsp3) is 0.105. The molecule has 2 heterocycles. The van der Waals surface area contributed by atoms with Crippen LogP contribution in [0.25, 0.3) is 33.1 Å². The molecule has 4 rings (SSSR count). The van der Waals surface area contributed by atoms with Gasteiger partial charge in [-0.05, 0) is 18.2 Å². The zero-order valence-corrected chi connectivity index (χ0v) is 12.5. The van der Waals surface area contributed by atoms with E-state index in [9.17, 15) is 8.78 Å². The Hall–Kier alpha value is -2.75. The van der Waals surface area contributed by atoms with Gasteiger partial charge in [0, 0.05) is 40.5 Å². The fourth-order valence-corrected chi connectivity index (χ4v) is 2.83. The van der Waals surface area contributed by atoms with Crippen molar-refractivity contribution in [1.29, 1.82) is 0 Å². The largest absolute Gasteiger partial charge is 0.360 e. The minimum Gasteiger partial charge on any atom is -0.360 e. The Kier molecular flexibility index (Phi) is 2.94. The maximum absolute atomic E-state index is 13.5. The Morgan fingerprint density at radius 2 is 1.83 bits per heavy atom. The number of para-hydroxylation sites is 1. The van der Waals surface area contributed by atoms with Gasteiger partial charge in [0.1, 0.15) is 0 Å². The minimum absolute atomic E-state index is 0.00451. The van der Waals surface area contributed by atoms with Crippen molar-refractivity contribution in [2.24, 2.45) is 0 Å². The van der Waals surface area contributed by atoms with Crippen LogP contribution in [0.1, 0.15) is 12.5 Å². The van der Waals surface area contributed by atoms with Gasteiger partial charge in [-0.25, -0.2) is 13.8 Å². The van der Waals surface area contributed by atoms with Gasteiger partial charge in [0.25, 0.3) is 5.92 Å². The molecule has 0 spiro atoms. The van der Waals surface area contributed by atoms with Crippen LogP contribution in [0.2, 0.25) is 0 Å². The molecule has 1 N–H and O–H groups in total. The molecule has 0 aliphatic carbocycles. The summed E-state index contributed by atoms with van der Waals surface area (Å²) in [6, 6.07) is 16.6. The van der Waals surface area contributed by atoms with Gasteiger partial charge in [0.2, 0.25) is 0 Å². The number of fused-ring (bicyclic) bond motifs is 2. The molecule has 4 aromatic rings. The number of hydrogen-bond donors (Lipinski definition) is 1. The molecule has 2 aromatic heterocycles. The third-order valence-corrected chi connectivity index (χ3v) is 4.06. The van der Waals surface area contributed by atoms with Crippen molar-refractivity contribution in [1.82, 2.24) is 9.97 Å². The highest BCUT2D eigenvalue weighted by Crippen LogP contribution is 2.33. The van der Waals surface area contributed by atoms with E-state index in [4.69, 9.17) is 0 Å². The minimum atomic E-state index is -2.85. The molecule has 0 fully saturated rings. The number of alkyl halides is 2. The second kappa shape index (κ2) is 4.88. The third kappa shape index (κ3) is 2.36. The molecule has 0 unspecified atom stereocenters. The van der Waals surface area contributed by atoms with Crippen molar-refractivity contribution in [2.45, 2.75) is 12.8 Å². The lowest BCUT2D eigenvalue weighted by atomic mass is 10.0. The highest BCUT2D eigenvalue weighted by molar-refractivity contribution is 5.96. The number of pyridine rings is 1. The molecule has 2 nitrogen and oxygen atoms in total. The van der Waals surface area contributed by atoms with E-state index >= 15 is 0 Å². The van der Waals surface area contributed by atoms with E-state index < -0.39 is 5.92 Å². The van der Waals surface area contributed by atoms with E-state index in [2.05, 4.69) is 9.97 Å². The first-order valence-corrected chi connectivity index (χ1v) is 7.38. The zero-order valence-electron chi connectivity index (χ0n) is 12.5. The molecular formula is C19H14F2N2. The van der Waals surface area contributed by atoms with E-state index in [1.54, 1.807) is 6.07 Å². The first-order chi connectivity index (χ1) is 11.0. The van der Waals surface area contributed by atoms with Crippen molar-refractivity contribution in [3.8, 4) is 11.3 Å². The van der Waals surface area contributed by atoms with Crippen molar-refractivity contribution < 1.29 is 8.78 Å². The molecule has 0 radical (unpaired) electrons. The monoisotopic (exact) mass is 308 g/mol. The third-order valence-electron chi connectivity index (χ3n) is 4.06. The van der Waals surface area contributed by atoms with Crippen LogP contribution in [0.15, 0.2) is 60.8 Å². The topological polar surface area (TPSA) is 28.7 Å². The van der Waals surface area contributed by atoms with Crippen molar-refractivity contribution in [3.63, 3.8) is 0 Å². The lowest BCUT2D eigenvalue weighted by molar-refractivity contribution is 0.0176. The Bertz CT molecular complexity index is 1010.